The molecule has 0 radical (unpaired) electrons. The van der Waals surface area contributed by atoms with Crippen molar-refractivity contribution in [1.82, 2.24) is 24.4 Å². The van der Waals surface area contributed by atoms with Crippen molar-refractivity contribution in [3.05, 3.63) is 75.0 Å². The number of H-pyrrole nitrogens is 1. The lowest BCUT2D eigenvalue weighted by atomic mass is 10.1. The van der Waals surface area contributed by atoms with Crippen LogP contribution in [0.1, 0.15) is 34.6 Å². The molecule has 8 heteroatoms. The number of rotatable bonds is 4. The molecule has 152 valence electrons. The summed E-state index contributed by atoms with van der Waals surface area (Å²) in [5, 5.41) is 10.6. The largest absolute Gasteiger partial charge is 0.310 e. The monoisotopic (exact) mass is 402 g/mol. The van der Waals surface area contributed by atoms with Gasteiger partial charge in [-0.2, -0.15) is 5.10 Å². The van der Waals surface area contributed by atoms with Crippen LogP contribution in [-0.4, -0.2) is 30.3 Å². The quantitative estimate of drug-likeness (QED) is 0.548. The molecule has 5 rings (SSSR count). The third kappa shape index (κ3) is 3.01. The Morgan fingerprint density at radius 3 is 2.80 bits per heavy atom. The van der Waals surface area contributed by atoms with E-state index in [1.54, 1.807) is 4.52 Å². The molecule has 1 aliphatic rings. The van der Waals surface area contributed by atoms with Crippen molar-refractivity contribution in [1.29, 1.82) is 0 Å². The number of aryl methyl sites for hydroxylation is 3. The van der Waals surface area contributed by atoms with Crippen LogP contribution < -0.4 is 10.9 Å². The molecule has 0 unspecified atom stereocenters. The van der Waals surface area contributed by atoms with Crippen LogP contribution >= 0.6 is 0 Å². The summed E-state index contributed by atoms with van der Waals surface area (Å²) in [6.45, 7) is 3.74. The van der Waals surface area contributed by atoms with Gasteiger partial charge in [0.2, 0.25) is 5.91 Å². The highest BCUT2D eigenvalue weighted by molar-refractivity contribution is 5.93. The van der Waals surface area contributed by atoms with Gasteiger partial charge in [-0.1, -0.05) is 18.2 Å². The van der Waals surface area contributed by atoms with Crippen molar-refractivity contribution in [2.24, 2.45) is 0 Å². The number of hydrogen-bond acceptors (Lipinski definition) is 4. The minimum Gasteiger partial charge on any atom is -0.310 e. The molecule has 0 bridgehead atoms. The van der Waals surface area contributed by atoms with Gasteiger partial charge in [0.15, 0.2) is 5.65 Å². The molecule has 1 aliphatic carbocycles. The first-order valence-corrected chi connectivity index (χ1v) is 10.0. The van der Waals surface area contributed by atoms with E-state index in [4.69, 9.17) is 5.10 Å². The number of fused-ring (bicyclic) bond motifs is 2. The lowest BCUT2D eigenvalue weighted by Crippen LogP contribution is -2.20. The normalized spacial score (nSPS) is 13.0. The van der Waals surface area contributed by atoms with E-state index in [9.17, 15) is 9.59 Å². The van der Waals surface area contributed by atoms with Crippen LogP contribution in [0.25, 0.3) is 11.3 Å². The molecule has 2 N–H and O–H groups in total. The third-order valence-corrected chi connectivity index (χ3v) is 5.71. The van der Waals surface area contributed by atoms with Crippen molar-refractivity contribution in [3.63, 3.8) is 0 Å². The molecular weight excluding hydrogens is 380 g/mol. The molecular formula is C22H22N6O2. The average Bonchev–Trinajstić information content (AvgIpc) is 3.41. The summed E-state index contributed by atoms with van der Waals surface area (Å²) in [6.07, 6.45) is 3.05. The molecule has 0 atom stereocenters. The van der Waals surface area contributed by atoms with Crippen LogP contribution in [0.5, 0.6) is 0 Å². The van der Waals surface area contributed by atoms with E-state index in [-0.39, 0.29) is 17.9 Å². The van der Waals surface area contributed by atoms with Gasteiger partial charge in [-0.25, -0.2) is 14.2 Å². The Kier molecular flexibility index (Phi) is 4.27. The van der Waals surface area contributed by atoms with Gasteiger partial charge >= 0.3 is 0 Å². The first kappa shape index (κ1) is 18.4. The highest BCUT2D eigenvalue weighted by Crippen LogP contribution is 2.31. The number of carbonyl (C=O) groups is 1. The van der Waals surface area contributed by atoms with Crippen molar-refractivity contribution in [3.8, 4) is 5.69 Å². The number of nitrogens with zero attached hydrogens (tertiary/aromatic N) is 4. The van der Waals surface area contributed by atoms with Crippen LogP contribution in [0, 0.1) is 13.8 Å². The third-order valence-electron chi connectivity index (χ3n) is 5.71. The van der Waals surface area contributed by atoms with E-state index in [0.29, 0.717) is 5.65 Å². The predicted molar refractivity (Wildman–Crippen MR) is 113 cm³/mol. The Morgan fingerprint density at radius 1 is 1.20 bits per heavy atom. The van der Waals surface area contributed by atoms with Gasteiger partial charge in [0.1, 0.15) is 5.82 Å². The van der Waals surface area contributed by atoms with Crippen molar-refractivity contribution >= 4 is 17.4 Å². The Labute approximate surface area is 172 Å². The SMILES string of the molecule is Cc1nc2cc(=O)[nH]n2c(C)c1CC(=O)Nc1c2c(nn1-c1ccccc1)CCC2. The van der Waals surface area contributed by atoms with Crippen molar-refractivity contribution < 1.29 is 4.79 Å². The molecule has 1 amide bonds. The molecule has 30 heavy (non-hydrogen) atoms. The number of benzene rings is 1. The lowest BCUT2D eigenvalue weighted by Gasteiger charge is -2.13. The fourth-order valence-electron chi connectivity index (χ4n) is 4.22. The van der Waals surface area contributed by atoms with Crippen molar-refractivity contribution in [2.75, 3.05) is 5.32 Å². The van der Waals surface area contributed by atoms with Gasteiger partial charge in [0.25, 0.3) is 5.56 Å². The minimum atomic E-state index is -0.214. The van der Waals surface area contributed by atoms with Gasteiger partial charge in [-0.15, -0.1) is 0 Å². The zero-order chi connectivity index (χ0) is 20.8. The van der Waals surface area contributed by atoms with E-state index >= 15 is 0 Å². The summed E-state index contributed by atoms with van der Waals surface area (Å²) < 4.78 is 3.45. The number of nitrogens with one attached hydrogen (secondary N) is 2. The Morgan fingerprint density at radius 2 is 2.00 bits per heavy atom. The maximum atomic E-state index is 13.0. The lowest BCUT2D eigenvalue weighted by molar-refractivity contribution is -0.115. The average molecular weight is 402 g/mol. The molecule has 4 aromatic rings. The van der Waals surface area contributed by atoms with Gasteiger partial charge in [0, 0.05) is 28.6 Å². The smallest absolute Gasteiger partial charge is 0.266 e. The second-order valence-corrected chi connectivity index (χ2v) is 7.67. The summed E-state index contributed by atoms with van der Waals surface area (Å²) in [7, 11) is 0. The maximum absolute atomic E-state index is 13.0. The molecule has 3 aromatic heterocycles. The molecule has 1 aromatic carbocycles. The number of amides is 1. The van der Waals surface area contributed by atoms with Gasteiger partial charge in [0.05, 0.1) is 17.8 Å². The molecule has 0 saturated carbocycles. The highest BCUT2D eigenvalue weighted by Gasteiger charge is 2.25. The van der Waals surface area contributed by atoms with Crippen LogP contribution in [0.3, 0.4) is 0 Å². The Balaban J connectivity index is 1.49. The fourth-order valence-corrected chi connectivity index (χ4v) is 4.22. The summed E-state index contributed by atoms with van der Waals surface area (Å²) in [5.41, 5.74) is 5.77. The zero-order valence-corrected chi connectivity index (χ0v) is 16.9. The van der Waals surface area contributed by atoms with E-state index in [1.165, 1.54) is 6.07 Å². The van der Waals surface area contributed by atoms with E-state index in [0.717, 1.165) is 59.0 Å². The molecule has 0 spiro atoms. The molecule has 8 nitrogen and oxygen atoms in total. The molecule has 0 aliphatic heterocycles. The Bertz CT molecular complexity index is 1330. The zero-order valence-electron chi connectivity index (χ0n) is 16.9. The van der Waals surface area contributed by atoms with E-state index in [2.05, 4.69) is 15.4 Å². The first-order valence-electron chi connectivity index (χ1n) is 10.0. The predicted octanol–water partition coefficient (Wildman–Crippen LogP) is 2.50. The summed E-state index contributed by atoms with van der Waals surface area (Å²) >= 11 is 0. The van der Waals surface area contributed by atoms with Crippen LogP contribution in [0.2, 0.25) is 0 Å². The van der Waals surface area contributed by atoms with Gasteiger partial charge < -0.3 is 5.32 Å². The van der Waals surface area contributed by atoms with Crippen LogP contribution in [0.4, 0.5) is 5.82 Å². The van der Waals surface area contributed by atoms with Crippen LogP contribution in [0.15, 0.2) is 41.2 Å². The highest BCUT2D eigenvalue weighted by atomic mass is 16.1. The Hall–Kier alpha value is -3.68. The van der Waals surface area contributed by atoms with Crippen molar-refractivity contribution in [2.45, 2.75) is 39.5 Å². The van der Waals surface area contributed by atoms with Gasteiger partial charge in [-0.3, -0.25) is 14.7 Å². The maximum Gasteiger partial charge on any atom is 0.266 e. The summed E-state index contributed by atoms with van der Waals surface area (Å²) in [5.74, 6) is 0.612. The number of para-hydroxylation sites is 1. The number of aromatic amines is 1. The number of hydrogen-bond donors (Lipinski definition) is 2. The fraction of sp³-hybridized carbons (Fsp3) is 0.273. The number of aromatic nitrogens is 5. The van der Waals surface area contributed by atoms with E-state index in [1.807, 2.05) is 48.9 Å². The second-order valence-electron chi connectivity index (χ2n) is 7.67. The summed E-state index contributed by atoms with van der Waals surface area (Å²) in [4.78, 5) is 29.2. The van der Waals surface area contributed by atoms with E-state index < -0.39 is 0 Å². The van der Waals surface area contributed by atoms with Gasteiger partial charge in [-0.05, 0) is 45.2 Å². The molecule has 3 heterocycles. The molecule has 0 saturated heterocycles. The minimum absolute atomic E-state index is 0.136. The number of anilines is 1. The number of carbonyl (C=O) groups excluding carboxylic acids is 1. The first-order chi connectivity index (χ1) is 14.5. The second kappa shape index (κ2) is 6.98. The molecule has 0 fully saturated rings. The topological polar surface area (TPSA) is 97.1 Å². The summed E-state index contributed by atoms with van der Waals surface area (Å²) in [6, 6.07) is 11.3. The van der Waals surface area contributed by atoms with Crippen LogP contribution in [-0.2, 0) is 24.1 Å². The standard InChI is InChI=1S/C22H22N6O2/c1-13-17(14(2)27-19(23-13)12-21(30)26-27)11-20(29)24-22-16-9-6-10-18(16)25-28(22)15-7-4-3-5-8-15/h3-5,7-8,12H,6,9-11H2,1-2H3,(H,24,29)(H,26,30).